The second-order valence-corrected chi connectivity index (χ2v) is 7.35. The van der Waals surface area contributed by atoms with E-state index in [4.69, 9.17) is 4.74 Å². The van der Waals surface area contributed by atoms with E-state index >= 15 is 0 Å². The van der Waals surface area contributed by atoms with Gasteiger partial charge >= 0.3 is 0 Å². The van der Waals surface area contributed by atoms with Crippen LogP contribution in [0.15, 0.2) is 29.6 Å². The Kier molecular flexibility index (Phi) is 7.22. The van der Waals surface area contributed by atoms with Crippen molar-refractivity contribution in [1.82, 2.24) is 30.4 Å². The second-order valence-electron chi connectivity index (χ2n) is 7.35. The topological polar surface area (TPSA) is 89.2 Å². The summed E-state index contributed by atoms with van der Waals surface area (Å²) in [6.07, 6.45) is 8.32. The molecule has 1 aliphatic rings. The standard InChI is InChI=1S/C20H31N7O/c1-4-21-20(24-13-18-25-14-26-27(18)3)23-12-16-9-10-22-19(11-16)28-17-7-5-15(2)6-8-17/h9-11,14-15,17H,4-8,12-13H2,1-3H3,(H2,21,23,24). The molecule has 3 rings (SSSR count). The molecule has 0 unspecified atom stereocenters. The lowest BCUT2D eigenvalue weighted by Gasteiger charge is -2.26. The minimum atomic E-state index is 0.285. The Hall–Kier alpha value is -2.64. The molecule has 0 radical (unpaired) electrons. The SMILES string of the molecule is CCNC(=NCc1ccnc(OC2CCC(C)CC2)c1)NCc1ncnn1C. The van der Waals surface area contributed by atoms with Crippen molar-refractivity contribution in [2.24, 2.45) is 18.0 Å². The van der Waals surface area contributed by atoms with Crippen LogP contribution in [0.25, 0.3) is 0 Å². The maximum atomic E-state index is 6.10. The summed E-state index contributed by atoms with van der Waals surface area (Å²) in [6, 6.07) is 3.97. The van der Waals surface area contributed by atoms with Gasteiger partial charge in [0, 0.05) is 25.9 Å². The minimum Gasteiger partial charge on any atom is -0.474 e. The molecule has 2 aromatic heterocycles. The lowest BCUT2D eigenvalue weighted by molar-refractivity contribution is 0.130. The third kappa shape index (κ3) is 5.94. The van der Waals surface area contributed by atoms with Crippen molar-refractivity contribution < 1.29 is 4.74 Å². The number of aliphatic imine (C=N–C) groups is 1. The van der Waals surface area contributed by atoms with Crippen molar-refractivity contribution in [3.63, 3.8) is 0 Å². The van der Waals surface area contributed by atoms with E-state index in [9.17, 15) is 0 Å². The molecule has 2 aromatic rings. The average Bonchev–Trinajstić information content (AvgIpc) is 3.11. The molecule has 0 spiro atoms. The van der Waals surface area contributed by atoms with E-state index in [2.05, 4.69) is 37.6 Å². The van der Waals surface area contributed by atoms with Crippen LogP contribution in [0, 0.1) is 5.92 Å². The van der Waals surface area contributed by atoms with Crippen LogP contribution < -0.4 is 15.4 Å². The van der Waals surface area contributed by atoms with Crippen LogP contribution in [0.5, 0.6) is 5.88 Å². The predicted molar refractivity (Wildman–Crippen MR) is 109 cm³/mol. The van der Waals surface area contributed by atoms with Gasteiger partial charge in [0.2, 0.25) is 5.88 Å². The molecule has 28 heavy (non-hydrogen) atoms. The predicted octanol–water partition coefficient (Wildman–Crippen LogP) is 2.42. The highest BCUT2D eigenvalue weighted by atomic mass is 16.5. The Bertz CT molecular complexity index is 765. The van der Waals surface area contributed by atoms with E-state index in [1.165, 1.54) is 12.8 Å². The maximum absolute atomic E-state index is 6.10. The van der Waals surface area contributed by atoms with E-state index in [-0.39, 0.29) is 6.10 Å². The highest BCUT2D eigenvalue weighted by molar-refractivity contribution is 5.79. The molecule has 152 valence electrons. The molecule has 0 amide bonds. The molecule has 2 N–H and O–H groups in total. The Morgan fingerprint density at radius 3 is 2.79 bits per heavy atom. The number of nitrogens with zero attached hydrogens (tertiary/aromatic N) is 5. The summed E-state index contributed by atoms with van der Waals surface area (Å²) in [6.45, 7) is 6.26. The normalized spacial score (nSPS) is 20.0. The van der Waals surface area contributed by atoms with E-state index in [1.807, 2.05) is 26.1 Å². The number of aromatic nitrogens is 4. The molecule has 0 atom stereocenters. The van der Waals surface area contributed by atoms with Gasteiger partial charge in [-0.15, -0.1) is 0 Å². The monoisotopic (exact) mass is 385 g/mol. The Balaban J connectivity index is 1.56. The van der Waals surface area contributed by atoms with E-state index in [1.54, 1.807) is 17.2 Å². The fourth-order valence-electron chi connectivity index (χ4n) is 3.29. The zero-order valence-electron chi connectivity index (χ0n) is 17.1. The molecule has 8 heteroatoms. The Morgan fingerprint density at radius 1 is 1.25 bits per heavy atom. The van der Waals surface area contributed by atoms with Crippen LogP contribution in [0.2, 0.25) is 0 Å². The number of guanidine groups is 1. The summed E-state index contributed by atoms with van der Waals surface area (Å²) in [5.74, 6) is 3.11. The van der Waals surface area contributed by atoms with Gasteiger partial charge in [-0.3, -0.25) is 4.68 Å². The number of hydrogen-bond donors (Lipinski definition) is 2. The van der Waals surface area contributed by atoms with Gasteiger partial charge in [-0.1, -0.05) is 6.92 Å². The number of aryl methyl sites for hydroxylation is 1. The first-order valence-corrected chi connectivity index (χ1v) is 10.1. The Labute approximate surface area is 166 Å². The van der Waals surface area contributed by atoms with Crippen LogP contribution in [-0.2, 0) is 20.1 Å². The summed E-state index contributed by atoms with van der Waals surface area (Å²) in [5.41, 5.74) is 1.07. The first-order valence-electron chi connectivity index (χ1n) is 10.1. The fourth-order valence-corrected chi connectivity index (χ4v) is 3.29. The van der Waals surface area contributed by atoms with Crippen LogP contribution in [0.1, 0.15) is 50.9 Å². The molecule has 1 fully saturated rings. The van der Waals surface area contributed by atoms with Crippen molar-refractivity contribution in [2.75, 3.05) is 6.54 Å². The van der Waals surface area contributed by atoms with Crippen molar-refractivity contribution in [3.8, 4) is 5.88 Å². The molecule has 1 saturated carbocycles. The quantitative estimate of drug-likeness (QED) is 0.562. The summed E-state index contributed by atoms with van der Waals surface area (Å²) in [5, 5.41) is 10.6. The van der Waals surface area contributed by atoms with Gasteiger partial charge in [0.25, 0.3) is 0 Å². The van der Waals surface area contributed by atoms with Gasteiger partial charge in [-0.05, 0) is 50.2 Å². The first-order chi connectivity index (χ1) is 13.6. The number of pyridine rings is 1. The van der Waals surface area contributed by atoms with Gasteiger partial charge < -0.3 is 15.4 Å². The van der Waals surface area contributed by atoms with Crippen LogP contribution >= 0.6 is 0 Å². The van der Waals surface area contributed by atoms with Crippen molar-refractivity contribution in [2.45, 2.75) is 58.7 Å². The molecular formula is C20H31N7O. The molecule has 1 aliphatic carbocycles. The molecule has 0 saturated heterocycles. The third-order valence-electron chi connectivity index (χ3n) is 5.03. The highest BCUT2D eigenvalue weighted by Crippen LogP contribution is 2.26. The van der Waals surface area contributed by atoms with Gasteiger partial charge in [-0.25, -0.2) is 15.0 Å². The summed E-state index contributed by atoms with van der Waals surface area (Å²) < 4.78 is 7.84. The van der Waals surface area contributed by atoms with Crippen molar-refractivity contribution in [3.05, 3.63) is 36.0 Å². The smallest absolute Gasteiger partial charge is 0.213 e. The van der Waals surface area contributed by atoms with Gasteiger partial charge in [-0.2, -0.15) is 5.10 Å². The summed E-state index contributed by atoms with van der Waals surface area (Å²) in [4.78, 5) is 13.3. The maximum Gasteiger partial charge on any atom is 0.213 e. The first kappa shape index (κ1) is 20.1. The zero-order chi connectivity index (χ0) is 19.8. The number of hydrogen-bond acceptors (Lipinski definition) is 5. The van der Waals surface area contributed by atoms with Crippen molar-refractivity contribution in [1.29, 1.82) is 0 Å². The Morgan fingerprint density at radius 2 is 2.07 bits per heavy atom. The summed E-state index contributed by atoms with van der Waals surface area (Å²) in [7, 11) is 1.87. The van der Waals surface area contributed by atoms with E-state index < -0.39 is 0 Å². The molecule has 0 aromatic carbocycles. The molecule has 2 heterocycles. The van der Waals surface area contributed by atoms with Crippen molar-refractivity contribution >= 4 is 5.96 Å². The zero-order valence-corrected chi connectivity index (χ0v) is 17.1. The van der Waals surface area contributed by atoms with Gasteiger partial charge in [0.1, 0.15) is 18.3 Å². The van der Waals surface area contributed by atoms with Crippen LogP contribution in [0.3, 0.4) is 0 Å². The number of rotatable bonds is 7. The van der Waals surface area contributed by atoms with Gasteiger partial charge in [0.05, 0.1) is 13.1 Å². The molecule has 8 nitrogen and oxygen atoms in total. The van der Waals surface area contributed by atoms with E-state index in [0.29, 0.717) is 19.0 Å². The van der Waals surface area contributed by atoms with Gasteiger partial charge in [0.15, 0.2) is 5.96 Å². The van der Waals surface area contributed by atoms with E-state index in [0.717, 1.165) is 42.7 Å². The number of ether oxygens (including phenoxy) is 1. The highest BCUT2D eigenvalue weighted by Gasteiger charge is 2.19. The molecular weight excluding hydrogens is 354 g/mol. The molecule has 0 bridgehead atoms. The lowest BCUT2D eigenvalue weighted by atomic mass is 9.89. The third-order valence-corrected chi connectivity index (χ3v) is 5.03. The fraction of sp³-hybridized carbons (Fsp3) is 0.600. The summed E-state index contributed by atoms with van der Waals surface area (Å²) >= 11 is 0. The van der Waals surface area contributed by atoms with Crippen LogP contribution in [0.4, 0.5) is 0 Å². The minimum absolute atomic E-state index is 0.285. The number of nitrogens with one attached hydrogen (secondary N) is 2. The lowest BCUT2D eigenvalue weighted by Crippen LogP contribution is -2.37. The second kappa shape index (κ2) is 10.1. The van der Waals surface area contributed by atoms with Crippen LogP contribution in [-0.4, -0.2) is 38.4 Å². The average molecular weight is 386 g/mol. The molecule has 0 aliphatic heterocycles. The largest absolute Gasteiger partial charge is 0.474 e.